The number of nitrogens with one attached hydrogen (secondary N) is 1. The van der Waals surface area contributed by atoms with Gasteiger partial charge in [-0.2, -0.15) is 0 Å². The molecule has 0 bridgehead atoms. The van der Waals surface area contributed by atoms with Crippen LogP contribution in [0.4, 0.5) is 5.69 Å². The highest BCUT2D eigenvalue weighted by Gasteiger charge is 2.39. The van der Waals surface area contributed by atoms with Crippen molar-refractivity contribution >= 4 is 33.8 Å². The normalized spacial score (nSPS) is 13.6. The molecule has 1 aromatic heterocycles. The van der Waals surface area contributed by atoms with Crippen molar-refractivity contribution in [3.63, 3.8) is 0 Å². The van der Waals surface area contributed by atoms with Crippen molar-refractivity contribution in [2.45, 2.75) is 19.9 Å². The van der Waals surface area contributed by atoms with Gasteiger partial charge in [-0.25, -0.2) is 0 Å². The van der Waals surface area contributed by atoms with Gasteiger partial charge >= 0.3 is 0 Å². The average Bonchev–Trinajstić information content (AvgIpc) is 3.13. The first-order valence-corrected chi connectivity index (χ1v) is 11.6. The molecule has 6 nitrogen and oxygen atoms in total. The van der Waals surface area contributed by atoms with Gasteiger partial charge in [0.25, 0.3) is 11.8 Å². The molecule has 174 valence electrons. The van der Waals surface area contributed by atoms with Crippen LogP contribution in [0, 0.1) is 0 Å². The molecule has 0 spiro atoms. The van der Waals surface area contributed by atoms with E-state index in [2.05, 4.69) is 10.3 Å². The number of aromatic nitrogens is 1. The molecule has 1 N–H and O–H groups in total. The standard InChI is InChI=1S/C29H25N3O3/c1-2-17-35-23-14-12-22(13-15-23)26-27(31-25-11-5-9-21-8-3-4-10-24(21)25)29(34)32(28(26)33)19-20-7-6-16-30-18-20/h3-16,18,31H,2,17,19H2,1H3. The van der Waals surface area contributed by atoms with Crippen molar-refractivity contribution in [1.82, 2.24) is 9.88 Å². The van der Waals surface area contributed by atoms with Crippen molar-refractivity contribution in [2.75, 3.05) is 11.9 Å². The van der Waals surface area contributed by atoms with Gasteiger partial charge in [-0.3, -0.25) is 19.5 Å². The number of carbonyl (C=O) groups is 2. The number of amides is 2. The summed E-state index contributed by atoms with van der Waals surface area (Å²) in [6.45, 7) is 2.81. The Kier molecular flexibility index (Phi) is 6.26. The molecule has 2 heterocycles. The van der Waals surface area contributed by atoms with Crippen molar-refractivity contribution in [2.24, 2.45) is 0 Å². The van der Waals surface area contributed by atoms with Crippen LogP contribution in [0.3, 0.4) is 0 Å². The van der Waals surface area contributed by atoms with E-state index < -0.39 is 0 Å². The molecule has 1 aliphatic heterocycles. The SMILES string of the molecule is CCCOc1ccc(C2=C(Nc3cccc4ccccc34)C(=O)N(Cc3cccnc3)C2=O)cc1. The van der Waals surface area contributed by atoms with Crippen LogP contribution in [-0.2, 0) is 16.1 Å². The second-order valence-electron chi connectivity index (χ2n) is 8.33. The fourth-order valence-corrected chi connectivity index (χ4v) is 4.18. The maximum atomic E-state index is 13.6. The van der Waals surface area contributed by atoms with Gasteiger partial charge in [0, 0.05) is 23.5 Å². The monoisotopic (exact) mass is 463 g/mol. The van der Waals surface area contributed by atoms with Gasteiger partial charge < -0.3 is 10.1 Å². The number of ether oxygens (including phenoxy) is 1. The minimum absolute atomic E-state index is 0.146. The van der Waals surface area contributed by atoms with E-state index in [-0.39, 0.29) is 24.1 Å². The first-order chi connectivity index (χ1) is 17.2. The van der Waals surface area contributed by atoms with Crippen LogP contribution in [0.5, 0.6) is 5.75 Å². The minimum Gasteiger partial charge on any atom is -0.494 e. The molecule has 0 saturated carbocycles. The molecule has 0 atom stereocenters. The van der Waals surface area contributed by atoms with E-state index in [4.69, 9.17) is 4.74 Å². The fraction of sp³-hybridized carbons (Fsp3) is 0.138. The van der Waals surface area contributed by atoms with Crippen LogP contribution < -0.4 is 10.1 Å². The fourth-order valence-electron chi connectivity index (χ4n) is 4.18. The Morgan fingerprint density at radius 1 is 0.886 bits per heavy atom. The number of rotatable bonds is 8. The Morgan fingerprint density at radius 2 is 1.69 bits per heavy atom. The van der Waals surface area contributed by atoms with Crippen LogP contribution >= 0.6 is 0 Å². The summed E-state index contributed by atoms with van der Waals surface area (Å²) in [5, 5.41) is 5.31. The van der Waals surface area contributed by atoms with E-state index in [0.29, 0.717) is 17.7 Å². The highest BCUT2D eigenvalue weighted by Crippen LogP contribution is 2.34. The maximum absolute atomic E-state index is 13.6. The quantitative estimate of drug-likeness (QED) is 0.354. The molecule has 2 amide bonds. The van der Waals surface area contributed by atoms with Gasteiger partial charge in [0.1, 0.15) is 11.4 Å². The van der Waals surface area contributed by atoms with Gasteiger partial charge in [0.15, 0.2) is 0 Å². The molecule has 0 unspecified atom stereocenters. The third kappa shape index (κ3) is 4.51. The predicted molar refractivity (Wildman–Crippen MR) is 137 cm³/mol. The van der Waals surface area contributed by atoms with E-state index in [9.17, 15) is 9.59 Å². The summed E-state index contributed by atoms with van der Waals surface area (Å²) < 4.78 is 5.69. The minimum atomic E-state index is -0.368. The van der Waals surface area contributed by atoms with Crippen molar-refractivity contribution < 1.29 is 14.3 Å². The van der Waals surface area contributed by atoms with Gasteiger partial charge in [0.05, 0.1) is 18.7 Å². The predicted octanol–water partition coefficient (Wildman–Crippen LogP) is 5.42. The Balaban J connectivity index is 1.55. The van der Waals surface area contributed by atoms with Crippen LogP contribution in [0.15, 0.2) is 97.0 Å². The Hall–Kier alpha value is -4.45. The first-order valence-electron chi connectivity index (χ1n) is 11.6. The summed E-state index contributed by atoms with van der Waals surface area (Å²) in [6, 6.07) is 24.7. The lowest BCUT2D eigenvalue weighted by Gasteiger charge is -2.15. The molecule has 0 radical (unpaired) electrons. The lowest BCUT2D eigenvalue weighted by atomic mass is 10.0. The lowest BCUT2D eigenvalue weighted by molar-refractivity contribution is -0.137. The number of anilines is 1. The summed E-state index contributed by atoms with van der Waals surface area (Å²) in [4.78, 5) is 32.6. The van der Waals surface area contributed by atoms with Crippen molar-refractivity contribution in [3.8, 4) is 5.75 Å². The molecule has 0 aliphatic carbocycles. The largest absolute Gasteiger partial charge is 0.494 e. The molecule has 4 aromatic rings. The second-order valence-corrected chi connectivity index (χ2v) is 8.33. The first kappa shape index (κ1) is 22.3. The van der Waals surface area contributed by atoms with E-state index in [0.717, 1.165) is 34.2 Å². The number of fused-ring (bicyclic) bond motifs is 1. The molecular weight excluding hydrogens is 438 g/mol. The molecule has 0 saturated heterocycles. The summed E-state index contributed by atoms with van der Waals surface area (Å²) in [5.74, 6) is 0.0145. The van der Waals surface area contributed by atoms with Crippen molar-refractivity contribution in [1.29, 1.82) is 0 Å². The van der Waals surface area contributed by atoms with Gasteiger partial charge in [0.2, 0.25) is 0 Å². The number of imide groups is 1. The highest BCUT2D eigenvalue weighted by atomic mass is 16.5. The number of pyridine rings is 1. The Labute approximate surface area is 203 Å². The number of nitrogens with zero attached hydrogens (tertiary/aromatic N) is 2. The topological polar surface area (TPSA) is 71.5 Å². The molecule has 35 heavy (non-hydrogen) atoms. The van der Waals surface area contributed by atoms with E-state index in [1.54, 1.807) is 18.5 Å². The third-order valence-corrected chi connectivity index (χ3v) is 5.90. The molecular formula is C29H25N3O3. The molecule has 3 aromatic carbocycles. The molecule has 5 rings (SSSR count). The smallest absolute Gasteiger partial charge is 0.278 e. The van der Waals surface area contributed by atoms with Crippen molar-refractivity contribution in [3.05, 3.63) is 108 Å². The third-order valence-electron chi connectivity index (χ3n) is 5.90. The number of hydrogen-bond donors (Lipinski definition) is 1. The van der Waals surface area contributed by atoms with E-state index in [1.807, 2.05) is 79.7 Å². The maximum Gasteiger partial charge on any atom is 0.278 e. The van der Waals surface area contributed by atoms with Gasteiger partial charge in [-0.05, 0) is 47.2 Å². The number of benzene rings is 3. The lowest BCUT2D eigenvalue weighted by Crippen LogP contribution is -2.32. The zero-order valence-corrected chi connectivity index (χ0v) is 19.4. The summed E-state index contributed by atoms with van der Waals surface area (Å²) in [7, 11) is 0. The van der Waals surface area contributed by atoms with Gasteiger partial charge in [-0.15, -0.1) is 0 Å². The molecule has 0 fully saturated rings. The highest BCUT2D eigenvalue weighted by molar-refractivity contribution is 6.36. The van der Waals surface area contributed by atoms with E-state index in [1.165, 1.54) is 4.90 Å². The zero-order valence-electron chi connectivity index (χ0n) is 19.4. The van der Waals surface area contributed by atoms with Crippen LogP contribution in [0.2, 0.25) is 0 Å². The van der Waals surface area contributed by atoms with Crippen LogP contribution in [0.1, 0.15) is 24.5 Å². The number of hydrogen-bond acceptors (Lipinski definition) is 5. The Bertz CT molecular complexity index is 1410. The molecule has 1 aliphatic rings. The van der Waals surface area contributed by atoms with Crippen LogP contribution in [-0.4, -0.2) is 28.3 Å². The number of carbonyl (C=O) groups excluding carboxylic acids is 2. The second kappa shape index (κ2) is 9.81. The van der Waals surface area contributed by atoms with E-state index >= 15 is 0 Å². The average molecular weight is 464 g/mol. The summed E-state index contributed by atoms with van der Waals surface area (Å²) in [5.41, 5.74) is 2.81. The van der Waals surface area contributed by atoms with Gasteiger partial charge in [-0.1, -0.05) is 61.5 Å². The van der Waals surface area contributed by atoms with Crippen LogP contribution in [0.25, 0.3) is 16.3 Å². The summed E-state index contributed by atoms with van der Waals surface area (Å²) in [6.07, 6.45) is 4.23. The Morgan fingerprint density at radius 3 is 2.46 bits per heavy atom. The zero-order chi connectivity index (χ0) is 24.2. The molecule has 6 heteroatoms. The summed E-state index contributed by atoms with van der Waals surface area (Å²) >= 11 is 0.